The smallest absolute Gasteiger partial charge is 0.341 e. The number of carbonyl (C=O) groups excluding carboxylic acids is 1. The summed E-state index contributed by atoms with van der Waals surface area (Å²) in [7, 11) is 0. The van der Waals surface area contributed by atoms with Crippen molar-refractivity contribution in [2.75, 3.05) is 6.61 Å². The molecule has 2 aromatic carbocycles. The highest BCUT2D eigenvalue weighted by Crippen LogP contribution is 2.40. The van der Waals surface area contributed by atoms with Crippen molar-refractivity contribution in [2.45, 2.75) is 32.6 Å². The van der Waals surface area contributed by atoms with Gasteiger partial charge in [-0.2, -0.15) is 0 Å². The fraction of sp³-hybridized carbons (Fsp3) is 0.231. The van der Waals surface area contributed by atoms with Gasteiger partial charge in [0.15, 0.2) is 0 Å². The number of carbonyl (C=O) groups is 1. The van der Waals surface area contributed by atoms with E-state index in [1.807, 2.05) is 43.3 Å². The van der Waals surface area contributed by atoms with Crippen molar-refractivity contribution in [3.05, 3.63) is 76.0 Å². The van der Waals surface area contributed by atoms with E-state index in [1.165, 1.54) is 4.88 Å². The second-order valence-corrected chi connectivity index (χ2v) is 8.85. The predicted molar refractivity (Wildman–Crippen MR) is 125 cm³/mol. The Balaban J connectivity index is 1.77. The SMILES string of the molecule is CCOC(=O)c1c(/N=c2\cc(-c3ccccc3)oc3ccc(O)cc23)sc2c1CCCC2. The lowest BCUT2D eigenvalue weighted by Crippen LogP contribution is -2.10. The van der Waals surface area contributed by atoms with Gasteiger partial charge < -0.3 is 14.3 Å². The van der Waals surface area contributed by atoms with Crippen LogP contribution in [0, 0.1) is 0 Å². The van der Waals surface area contributed by atoms with Gasteiger partial charge >= 0.3 is 5.97 Å². The lowest BCUT2D eigenvalue weighted by atomic mass is 9.95. The second-order valence-electron chi connectivity index (χ2n) is 7.77. The fourth-order valence-electron chi connectivity index (χ4n) is 4.15. The summed E-state index contributed by atoms with van der Waals surface area (Å²) >= 11 is 1.56. The first-order chi connectivity index (χ1) is 15.6. The van der Waals surface area contributed by atoms with E-state index in [1.54, 1.807) is 29.5 Å². The van der Waals surface area contributed by atoms with Gasteiger partial charge in [-0.25, -0.2) is 9.79 Å². The van der Waals surface area contributed by atoms with Gasteiger partial charge in [-0.1, -0.05) is 30.3 Å². The Kier molecular flexibility index (Phi) is 5.53. The number of fused-ring (bicyclic) bond motifs is 2. The predicted octanol–water partition coefficient (Wildman–Crippen LogP) is 6.15. The molecule has 0 atom stereocenters. The zero-order valence-corrected chi connectivity index (χ0v) is 18.6. The Morgan fingerprint density at radius 1 is 1.12 bits per heavy atom. The molecule has 0 amide bonds. The van der Waals surface area contributed by atoms with Crippen molar-refractivity contribution in [1.82, 2.24) is 0 Å². The minimum Gasteiger partial charge on any atom is -0.508 e. The molecule has 0 saturated heterocycles. The molecule has 1 aliphatic carbocycles. The zero-order chi connectivity index (χ0) is 22.1. The van der Waals surface area contributed by atoms with E-state index in [4.69, 9.17) is 14.1 Å². The fourth-order valence-corrected chi connectivity index (χ4v) is 5.41. The number of hydrogen-bond donors (Lipinski definition) is 1. The molecule has 2 aromatic heterocycles. The summed E-state index contributed by atoms with van der Waals surface area (Å²) in [5.74, 6) is 0.482. The number of thiophene rings is 1. The number of rotatable bonds is 4. The normalized spacial score (nSPS) is 13.8. The molecule has 1 aliphatic rings. The van der Waals surface area contributed by atoms with Crippen molar-refractivity contribution in [3.63, 3.8) is 0 Å². The zero-order valence-electron chi connectivity index (χ0n) is 17.8. The maximum atomic E-state index is 12.9. The quantitative estimate of drug-likeness (QED) is 0.382. The van der Waals surface area contributed by atoms with Crippen molar-refractivity contribution in [1.29, 1.82) is 0 Å². The number of benzene rings is 2. The summed E-state index contributed by atoms with van der Waals surface area (Å²) in [5, 5.41) is 12.1. The first kappa shape index (κ1) is 20.5. The molecule has 0 spiro atoms. The third kappa shape index (κ3) is 3.82. The topological polar surface area (TPSA) is 72.0 Å². The van der Waals surface area contributed by atoms with Gasteiger partial charge in [-0.05, 0) is 56.4 Å². The third-order valence-electron chi connectivity index (χ3n) is 5.64. The van der Waals surface area contributed by atoms with Crippen LogP contribution in [0.1, 0.15) is 40.6 Å². The van der Waals surface area contributed by atoms with Gasteiger partial charge in [0.25, 0.3) is 0 Å². The summed E-state index contributed by atoms with van der Waals surface area (Å²) in [6.45, 7) is 2.14. The molecular formula is C26H23NO4S. The average Bonchev–Trinajstić information content (AvgIpc) is 3.18. The molecule has 0 aliphatic heterocycles. The maximum absolute atomic E-state index is 12.9. The maximum Gasteiger partial charge on any atom is 0.341 e. The van der Waals surface area contributed by atoms with Crippen molar-refractivity contribution >= 4 is 33.3 Å². The number of phenols is 1. The van der Waals surface area contributed by atoms with Gasteiger partial charge in [-0.3, -0.25) is 0 Å². The molecule has 5 rings (SSSR count). The first-order valence-corrected chi connectivity index (χ1v) is 11.6. The number of esters is 1. The number of nitrogens with zero attached hydrogens (tertiary/aromatic N) is 1. The summed E-state index contributed by atoms with van der Waals surface area (Å²) in [4.78, 5) is 19.0. The molecule has 32 heavy (non-hydrogen) atoms. The van der Waals surface area contributed by atoms with E-state index in [0.717, 1.165) is 36.8 Å². The van der Waals surface area contributed by atoms with Gasteiger partial charge in [0, 0.05) is 21.9 Å². The molecule has 5 nitrogen and oxygen atoms in total. The Bertz CT molecular complexity index is 1370. The van der Waals surface area contributed by atoms with Gasteiger partial charge in [0.1, 0.15) is 22.1 Å². The highest BCUT2D eigenvalue weighted by Gasteiger charge is 2.26. The minimum absolute atomic E-state index is 0.132. The number of hydrogen-bond acceptors (Lipinski definition) is 6. The van der Waals surface area contributed by atoms with E-state index < -0.39 is 0 Å². The van der Waals surface area contributed by atoms with E-state index in [0.29, 0.717) is 39.3 Å². The van der Waals surface area contributed by atoms with Crippen LogP contribution in [0.15, 0.2) is 64.0 Å². The molecule has 0 unspecified atom stereocenters. The monoisotopic (exact) mass is 445 g/mol. The Morgan fingerprint density at radius 3 is 2.75 bits per heavy atom. The molecule has 6 heteroatoms. The van der Waals surface area contributed by atoms with Gasteiger partial charge in [0.2, 0.25) is 0 Å². The van der Waals surface area contributed by atoms with Crippen LogP contribution in [0.5, 0.6) is 5.75 Å². The number of phenolic OH excluding ortho intramolecular Hbond substituents is 1. The number of aryl methyl sites for hydroxylation is 1. The van der Waals surface area contributed by atoms with E-state index in [9.17, 15) is 9.90 Å². The van der Waals surface area contributed by atoms with Crippen LogP contribution in [0.2, 0.25) is 0 Å². The van der Waals surface area contributed by atoms with Crippen LogP contribution in [0.25, 0.3) is 22.3 Å². The molecule has 2 heterocycles. The van der Waals surface area contributed by atoms with Crippen LogP contribution in [-0.2, 0) is 17.6 Å². The average molecular weight is 446 g/mol. The lowest BCUT2D eigenvalue weighted by Gasteiger charge is -2.11. The number of ether oxygens (including phenoxy) is 1. The van der Waals surface area contributed by atoms with Crippen molar-refractivity contribution in [3.8, 4) is 17.1 Å². The lowest BCUT2D eigenvalue weighted by molar-refractivity contribution is 0.0526. The Morgan fingerprint density at radius 2 is 1.94 bits per heavy atom. The highest BCUT2D eigenvalue weighted by molar-refractivity contribution is 7.16. The van der Waals surface area contributed by atoms with Crippen LogP contribution in [-0.4, -0.2) is 17.7 Å². The Hall–Kier alpha value is -3.38. The molecule has 0 radical (unpaired) electrons. The molecule has 1 N–H and O–H groups in total. The van der Waals surface area contributed by atoms with E-state index >= 15 is 0 Å². The van der Waals surface area contributed by atoms with Gasteiger partial charge in [-0.15, -0.1) is 11.3 Å². The molecule has 0 fully saturated rings. The highest BCUT2D eigenvalue weighted by atomic mass is 32.1. The number of aromatic hydroxyl groups is 1. The summed E-state index contributed by atoms with van der Waals surface area (Å²) < 4.78 is 11.5. The van der Waals surface area contributed by atoms with Crippen molar-refractivity contribution in [2.24, 2.45) is 4.99 Å². The summed E-state index contributed by atoms with van der Waals surface area (Å²) in [6, 6.07) is 16.7. The third-order valence-corrected chi connectivity index (χ3v) is 6.83. The van der Waals surface area contributed by atoms with Gasteiger partial charge in [0.05, 0.1) is 17.5 Å². The van der Waals surface area contributed by atoms with Crippen LogP contribution < -0.4 is 5.36 Å². The Labute approximate surface area is 189 Å². The standard InChI is InChI=1S/C26H23NO4S/c1-2-30-26(29)24-18-10-6-7-11-23(18)32-25(24)27-20-15-22(16-8-4-3-5-9-16)31-21-13-12-17(28)14-19(20)21/h3-5,8-9,12-15,28H,2,6-7,10-11H2,1H3/b27-20+. The molecule has 162 valence electrons. The van der Waals surface area contributed by atoms with Crippen LogP contribution >= 0.6 is 11.3 Å². The van der Waals surface area contributed by atoms with Crippen LogP contribution in [0.4, 0.5) is 5.00 Å². The van der Waals surface area contributed by atoms with Crippen molar-refractivity contribution < 1.29 is 19.1 Å². The molecule has 4 aromatic rings. The molecule has 0 bridgehead atoms. The van der Waals surface area contributed by atoms with E-state index in [-0.39, 0.29) is 11.7 Å². The van der Waals surface area contributed by atoms with Crippen LogP contribution in [0.3, 0.4) is 0 Å². The van der Waals surface area contributed by atoms with E-state index in [2.05, 4.69) is 0 Å². The minimum atomic E-state index is -0.318. The molecular weight excluding hydrogens is 422 g/mol. The largest absolute Gasteiger partial charge is 0.508 e. The summed E-state index contributed by atoms with van der Waals surface area (Å²) in [6.07, 6.45) is 4.02. The second kappa shape index (κ2) is 8.63. The summed E-state index contributed by atoms with van der Waals surface area (Å²) in [5.41, 5.74) is 3.20. The first-order valence-electron chi connectivity index (χ1n) is 10.8. The molecule has 0 saturated carbocycles.